The fourth-order valence-corrected chi connectivity index (χ4v) is 5.33. The summed E-state index contributed by atoms with van der Waals surface area (Å²) in [5, 5.41) is 33.1. The van der Waals surface area contributed by atoms with Crippen LogP contribution < -0.4 is 25.8 Å². The Morgan fingerprint density at radius 2 is 1.89 bits per heavy atom. The average molecular weight is 615 g/mol. The smallest absolute Gasteiger partial charge is 0.305 e. The summed E-state index contributed by atoms with van der Waals surface area (Å²) >= 11 is 0. The van der Waals surface area contributed by atoms with Gasteiger partial charge in [-0.25, -0.2) is 14.6 Å². The van der Waals surface area contributed by atoms with Crippen molar-refractivity contribution in [2.75, 3.05) is 37.4 Å². The second kappa shape index (κ2) is 13.9. The number of para-hydroxylation sites is 1. The van der Waals surface area contributed by atoms with Crippen molar-refractivity contribution in [3.05, 3.63) is 60.6 Å². The van der Waals surface area contributed by atoms with Gasteiger partial charge in [0.05, 0.1) is 43.7 Å². The van der Waals surface area contributed by atoms with E-state index in [0.717, 1.165) is 49.3 Å². The molecule has 0 radical (unpaired) electrons. The van der Waals surface area contributed by atoms with E-state index in [0.29, 0.717) is 39.7 Å². The Morgan fingerprint density at radius 1 is 1.13 bits per heavy atom. The number of aliphatic carboxylic acids is 2. The highest BCUT2D eigenvalue weighted by Gasteiger charge is 2.26. The van der Waals surface area contributed by atoms with Crippen molar-refractivity contribution in [3.63, 3.8) is 0 Å². The van der Waals surface area contributed by atoms with Crippen LogP contribution in [0.1, 0.15) is 42.7 Å². The second-order valence-corrected chi connectivity index (χ2v) is 10.5. The van der Waals surface area contributed by atoms with Crippen molar-refractivity contribution >= 4 is 51.3 Å². The number of nitrogens with two attached hydrogens (primary N) is 1. The number of carboxylic acids is 2. The minimum Gasteiger partial charge on any atom is -0.550 e. The molecule has 6 N–H and O–H groups in total. The van der Waals surface area contributed by atoms with Crippen LogP contribution in [0.15, 0.2) is 54.9 Å². The minimum atomic E-state index is -1.08. The number of carboxylic acid groups (broad SMARTS) is 2. The van der Waals surface area contributed by atoms with Gasteiger partial charge in [-0.2, -0.15) is 5.10 Å². The SMILES string of the molecule is CC(=O)[O-].COc1cc(-c2nn(C3CC[NH2+]CC3)c3ncnc(NCCC(=O)O)c23)ccc1NC(=O)c1cc2ccccc2[nH]1. The van der Waals surface area contributed by atoms with Crippen LogP contribution in [-0.4, -0.2) is 74.4 Å². The zero-order chi connectivity index (χ0) is 31.9. The Balaban J connectivity index is 0.000000945. The zero-order valence-corrected chi connectivity index (χ0v) is 24.9. The lowest BCUT2D eigenvalue weighted by molar-refractivity contribution is -0.664. The first-order valence-electron chi connectivity index (χ1n) is 14.5. The summed E-state index contributed by atoms with van der Waals surface area (Å²) in [4.78, 5) is 45.3. The Morgan fingerprint density at radius 3 is 2.60 bits per heavy atom. The third kappa shape index (κ3) is 7.18. The van der Waals surface area contributed by atoms with Gasteiger partial charge in [-0.05, 0) is 31.2 Å². The van der Waals surface area contributed by atoms with Crippen LogP contribution in [0.3, 0.4) is 0 Å². The molecule has 234 valence electrons. The molecule has 3 aromatic heterocycles. The van der Waals surface area contributed by atoms with Gasteiger partial charge in [0.2, 0.25) is 0 Å². The first kappa shape index (κ1) is 30.9. The average Bonchev–Trinajstić information content (AvgIpc) is 3.64. The van der Waals surface area contributed by atoms with Crippen molar-refractivity contribution in [3.8, 4) is 17.0 Å². The number of hydrogen-bond acceptors (Lipinski definition) is 9. The van der Waals surface area contributed by atoms with Gasteiger partial charge in [0.25, 0.3) is 5.91 Å². The van der Waals surface area contributed by atoms with Crippen molar-refractivity contribution in [1.29, 1.82) is 0 Å². The summed E-state index contributed by atoms with van der Waals surface area (Å²) in [7, 11) is 1.55. The van der Waals surface area contributed by atoms with Gasteiger partial charge >= 0.3 is 5.97 Å². The topological polar surface area (TPSA) is 204 Å². The summed E-state index contributed by atoms with van der Waals surface area (Å²) in [6, 6.07) is 15.2. The number of fused-ring (bicyclic) bond motifs is 2. The molecule has 0 saturated carbocycles. The second-order valence-electron chi connectivity index (χ2n) is 10.5. The number of methoxy groups -OCH3 is 1. The third-order valence-electron chi connectivity index (χ3n) is 7.37. The van der Waals surface area contributed by atoms with E-state index >= 15 is 0 Å². The number of H-pyrrole nitrogens is 1. The van der Waals surface area contributed by atoms with E-state index in [-0.39, 0.29) is 24.9 Å². The summed E-state index contributed by atoms with van der Waals surface area (Å²) in [6.07, 6.45) is 3.35. The molecule has 0 spiro atoms. The molecule has 14 nitrogen and oxygen atoms in total. The van der Waals surface area contributed by atoms with Crippen LogP contribution in [0, 0.1) is 0 Å². The van der Waals surface area contributed by atoms with Crippen molar-refractivity contribution in [2.24, 2.45) is 0 Å². The number of nitrogens with one attached hydrogen (secondary N) is 3. The number of amides is 1. The Bertz CT molecular complexity index is 1810. The molecule has 2 aromatic carbocycles. The third-order valence-corrected chi connectivity index (χ3v) is 7.37. The highest BCUT2D eigenvalue weighted by Crippen LogP contribution is 2.37. The van der Waals surface area contributed by atoms with Crippen molar-refractivity contribution in [2.45, 2.75) is 32.2 Å². The van der Waals surface area contributed by atoms with Crippen LogP contribution in [0.25, 0.3) is 33.2 Å². The van der Waals surface area contributed by atoms with Gasteiger partial charge in [-0.15, -0.1) is 0 Å². The Labute approximate surface area is 257 Å². The van der Waals surface area contributed by atoms with Crippen LogP contribution in [-0.2, 0) is 9.59 Å². The number of hydrogen-bond donors (Lipinski definition) is 5. The first-order valence-corrected chi connectivity index (χ1v) is 14.5. The molecule has 14 heteroatoms. The van der Waals surface area contributed by atoms with Gasteiger partial charge in [0.15, 0.2) is 5.65 Å². The summed E-state index contributed by atoms with van der Waals surface area (Å²) in [5.41, 5.74) is 3.94. The number of nitrogens with zero attached hydrogens (tertiary/aromatic N) is 4. The number of carbonyl (C=O) groups excluding carboxylic acids is 2. The molecular formula is C31H34N8O6. The predicted molar refractivity (Wildman–Crippen MR) is 165 cm³/mol. The first-order chi connectivity index (χ1) is 21.7. The van der Waals surface area contributed by atoms with Gasteiger partial charge in [0, 0.05) is 41.8 Å². The molecule has 0 atom stereocenters. The summed E-state index contributed by atoms with van der Waals surface area (Å²) in [6.45, 7) is 3.20. The van der Waals surface area contributed by atoms with Gasteiger partial charge in [-0.1, -0.05) is 24.3 Å². The fourth-order valence-electron chi connectivity index (χ4n) is 5.33. The molecule has 0 bridgehead atoms. The lowest BCUT2D eigenvalue weighted by atomic mass is 10.1. The molecule has 5 aromatic rings. The summed E-state index contributed by atoms with van der Waals surface area (Å²) < 4.78 is 7.66. The standard InChI is InChI=1S/C29H30N8O4.C2H4O2/c1-41-23-15-18(6-7-21(23)35-29(40)22-14-17-4-2-3-5-20(17)34-22)26-25-27(31-13-10-24(38)39)32-16-33-28(25)37(36-26)19-8-11-30-12-9-19;1-2(3)4/h2-7,14-16,19,30,34H,8-13H2,1H3,(H,35,40)(H,38,39)(H,31,32,33);1H3,(H,3,4). The van der Waals surface area contributed by atoms with E-state index in [4.69, 9.17) is 24.8 Å². The maximum Gasteiger partial charge on any atom is 0.305 e. The number of aromatic amines is 1. The molecule has 6 rings (SSSR count). The van der Waals surface area contributed by atoms with Crippen LogP contribution >= 0.6 is 0 Å². The molecule has 45 heavy (non-hydrogen) atoms. The molecular weight excluding hydrogens is 580 g/mol. The normalized spacial score (nSPS) is 13.2. The number of ether oxygens (including phenoxy) is 1. The molecule has 1 saturated heterocycles. The molecule has 1 aliphatic heterocycles. The molecule has 0 aliphatic carbocycles. The van der Waals surface area contributed by atoms with Crippen LogP contribution in [0.5, 0.6) is 5.75 Å². The van der Waals surface area contributed by atoms with E-state index in [1.165, 1.54) is 6.33 Å². The predicted octanol–water partition coefficient (Wildman–Crippen LogP) is 1.78. The lowest BCUT2D eigenvalue weighted by Crippen LogP contribution is -2.86. The number of piperidine rings is 1. The number of aromatic nitrogens is 5. The van der Waals surface area contributed by atoms with Crippen molar-refractivity contribution in [1.82, 2.24) is 24.7 Å². The highest BCUT2D eigenvalue weighted by atomic mass is 16.5. The van der Waals surface area contributed by atoms with E-state index < -0.39 is 11.9 Å². The Hall–Kier alpha value is -5.50. The van der Waals surface area contributed by atoms with Crippen LogP contribution in [0.4, 0.5) is 11.5 Å². The van der Waals surface area contributed by atoms with Gasteiger partial charge in [-0.3, -0.25) is 9.59 Å². The van der Waals surface area contributed by atoms with E-state index in [2.05, 4.69) is 30.9 Å². The lowest BCUT2D eigenvalue weighted by Gasteiger charge is -2.21. The maximum absolute atomic E-state index is 13.1. The Kier molecular flexibility index (Phi) is 9.53. The number of rotatable bonds is 9. The molecule has 1 fully saturated rings. The molecule has 4 heterocycles. The van der Waals surface area contributed by atoms with Gasteiger partial charge in [0.1, 0.15) is 29.3 Å². The fraction of sp³-hybridized carbons (Fsp3) is 0.290. The highest BCUT2D eigenvalue weighted by molar-refractivity contribution is 6.07. The molecule has 1 aliphatic rings. The summed E-state index contributed by atoms with van der Waals surface area (Å²) in [5.74, 6) is -1.27. The maximum atomic E-state index is 13.1. The number of benzene rings is 2. The minimum absolute atomic E-state index is 0.0496. The quantitative estimate of drug-likeness (QED) is 0.163. The van der Waals surface area contributed by atoms with E-state index in [1.807, 2.05) is 47.1 Å². The van der Waals surface area contributed by atoms with Crippen LogP contribution in [0.2, 0.25) is 0 Å². The largest absolute Gasteiger partial charge is 0.550 e. The zero-order valence-electron chi connectivity index (χ0n) is 24.9. The van der Waals surface area contributed by atoms with E-state index in [9.17, 15) is 9.59 Å². The van der Waals surface area contributed by atoms with Crippen molar-refractivity contribution < 1.29 is 34.7 Å². The molecule has 1 amide bonds. The van der Waals surface area contributed by atoms with Gasteiger partial charge < -0.3 is 40.7 Å². The molecule has 0 unspecified atom stereocenters. The number of carbonyl (C=O) groups is 3. The monoisotopic (exact) mass is 614 g/mol. The van der Waals surface area contributed by atoms with E-state index in [1.54, 1.807) is 13.2 Å². The number of quaternary nitrogens is 1. The number of anilines is 2.